The first-order chi connectivity index (χ1) is 13.6. The zero-order chi connectivity index (χ0) is 20.4. The number of halogens is 2. The Kier molecular flexibility index (Phi) is 11.6. The van der Waals surface area contributed by atoms with Gasteiger partial charge < -0.3 is 25.2 Å². The maximum absolute atomic E-state index is 13.5. The van der Waals surface area contributed by atoms with Crippen LogP contribution in [-0.2, 0) is 24.4 Å². The van der Waals surface area contributed by atoms with Crippen molar-refractivity contribution in [1.82, 2.24) is 10.6 Å². The molecule has 8 heteroatoms. The summed E-state index contributed by atoms with van der Waals surface area (Å²) in [5.74, 6) is 1.01. The van der Waals surface area contributed by atoms with Gasteiger partial charge in [0.2, 0.25) is 0 Å². The zero-order valence-corrected chi connectivity index (χ0v) is 19.3. The predicted octanol–water partition coefficient (Wildman–Crippen LogP) is 3.13. The van der Waals surface area contributed by atoms with Crippen molar-refractivity contribution in [2.75, 3.05) is 27.4 Å². The second-order valence-electron chi connectivity index (χ2n) is 6.32. The maximum atomic E-state index is 13.5. The van der Waals surface area contributed by atoms with Crippen molar-refractivity contribution in [3.05, 3.63) is 64.5 Å². The number of aliphatic hydroxyl groups excluding tert-OH is 1. The highest BCUT2D eigenvalue weighted by molar-refractivity contribution is 14.0. The summed E-state index contributed by atoms with van der Waals surface area (Å²) in [5, 5.41) is 15.6. The van der Waals surface area contributed by atoms with E-state index in [1.54, 1.807) is 26.3 Å². The first-order valence-corrected chi connectivity index (χ1v) is 9.11. The molecule has 0 saturated heterocycles. The standard InChI is InChI=1S/C21H28FN3O3.HI/c1-15-4-6-17(20(10-15)28-9-8-27-3)13-25-21(23-2)24-12-16-5-7-19(22)18(11-16)14-26;/h4-7,10-11,26H,8-9,12-14H2,1-3H3,(H2,23,24,25);1H. The highest BCUT2D eigenvalue weighted by atomic mass is 127. The number of rotatable bonds is 9. The van der Waals surface area contributed by atoms with E-state index >= 15 is 0 Å². The Hall–Kier alpha value is -1.91. The number of hydrogen-bond acceptors (Lipinski definition) is 4. The van der Waals surface area contributed by atoms with E-state index in [4.69, 9.17) is 9.47 Å². The van der Waals surface area contributed by atoms with Crippen LogP contribution in [0.2, 0.25) is 0 Å². The molecule has 0 amide bonds. The molecule has 0 aliphatic carbocycles. The molecule has 0 unspecified atom stereocenters. The summed E-state index contributed by atoms with van der Waals surface area (Å²) in [5.41, 5.74) is 3.26. The average molecular weight is 517 g/mol. The molecule has 2 aromatic rings. The molecule has 0 aromatic heterocycles. The minimum Gasteiger partial charge on any atom is -0.491 e. The van der Waals surface area contributed by atoms with Crippen molar-refractivity contribution < 1.29 is 19.0 Å². The molecular weight excluding hydrogens is 488 g/mol. The first kappa shape index (κ1) is 25.1. The van der Waals surface area contributed by atoms with Crippen LogP contribution in [0.3, 0.4) is 0 Å². The predicted molar refractivity (Wildman–Crippen MR) is 123 cm³/mol. The van der Waals surface area contributed by atoms with E-state index in [2.05, 4.69) is 15.6 Å². The van der Waals surface area contributed by atoms with Crippen LogP contribution in [0.1, 0.15) is 22.3 Å². The Labute approximate surface area is 188 Å². The maximum Gasteiger partial charge on any atom is 0.191 e. The number of methoxy groups -OCH3 is 1. The summed E-state index contributed by atoms with van der Waals surface area (Å²) in [4.78, 5) is 4.21. The van der Waals surface area contributed by atoms with E-state index in [0.717, 1.165) is 22.4 Å². The molecule has 3 N–H and O–H groups in total. The van der Waals surface area contributed by atoms with Crippen LogP contribution >= 0.6 is 24.0 Å². The number of ether oxygens (including phenoxy) is 2. The normalized spacial score (nSPS) is 11.0. The Balaban J connectivity index is 0.00000420. The van der Waals surface area contributed by atoms with Gasteiger partial charge in [0.25, 0.3) is 0 Å². The van der Waals surface area contributed by atoms with Crippen molar-refractivity contribution in [2.45, 2.75) is 26.6 Å². The Morgan fingerprint density at radius 2 is 1.83 bits per heavy atom. The van der Waals surface area contributed by atoms with Gasteiger partial charge >= 0.3 is 0 Å². The van der Waals surface area contributed by atoms with Crippen molar-refractivity contribution >= 4 is 29.9 Å². The molecule has 0 fully saturated rings. The van der Waals surface area contributed by atoms with E-state index in [0.29, 0.717) is 32.3 Å². The van der Waals surface area contributed by atoms with Crippen molar-refractivity contribution in [2.24, 2.45) is 4.99 Å². The van der Waals surface area contributed by atoms with Gasteiger partial charge in [-0.05, 0) is 36.2 Å². The zero-order valence-electron chi connectivity index (χ0n) is 17.0. The van der Waals surface area contributed by atoms with Gasteiger partial charge in [0.15, 0.2) is 5.96 Å². The monoisotopic (exact) mass is 517 g/mol. The Bertz CT molecular complexity index is 803. The summed E-state index contributed by atoms with van der Waals surface area (Å²) in [6, 6.07) is 10.7. The van der Waals surface area contributed by atoms with Crippen molar-refractivity contribution in [3.63, 3.8) is 0 Å². The van der Waals surface area contributed by atoms with Crippen LogP contribution in [-0.4, -0.2) is 38.4 Å². The Morgan fingerprint density at radius 3 is 2.52 bits per heavy atom. The summed E-state index contributed by atoms with van der Waals surface area (Å²) >= 11 is 0. The number of benzene rings is 2. The number of nitrogens with zero attached hydrogens (tertiary/aromatic N) is 1. The van der Waals surface area contributed by atoms with Crippen LogP contribution in [0.4, 0.5) is 4.39 Å². The lowest BCUT2D eigenvalue weighted by Gasteiger charge is -2.15. The van der Waals surface area contributed by atoms with E-state index in [-0.39, 0.29) is 36.1 Å². The number of guanidine groups is 1. The third-order valence-electron chi connectivity index (χ3n) is 4.18. The number of hydrogen-bond donors (Lipinski definition) is 3. The first-order valence-electron chi connectivity index (χ1n) is 9.11. The fourth-order valence-electron chi connectivity index (χ4n) is 2.62. The highest BCUT2D eigenvalue weighted by Gasteiger charge is 2.07. The van der Waals surface area contributed by atoms with Gasteiger partial charge in [-0.15, -0.1) is 24.0 Å². The number of nitrogens with one attached hydrogen (secondary N) is 2. The van der Waals surface area contributed by atoms with Crippen LogP contribution in [0.25, 0.3) is 0 Å². The average Bonchev–Trinajstić information content (AvgIpc) is 2.70. The van der Waals surface area contributed by atoms with Gasteiger partial charge in [-0.25, -0.2) is 4.39 Å². The van der Waals surface area contributed by atoms with E-state index < -0.39 is 5.82 Å². The molecule has 0 aliphatic rings. The second kappa shape index (κ2) is 13.3. The lowest BCUT2D eigenvalue weighted by Crippen LogP contribution is -2.36. The third kappa shape index (κ3) is 8.15. The molecule has 160 valence electrons. The fraction of sp³-hybridized carbons (Fsp3) is 0.381. The highest BCUT2D eigenvalue weighted by Crippen LogP contribution is 2.20. The van der Waals surface area contributed by atoms with Crippen LogP contribution < -0.4 is 15.4 Å². The van der Waals surface area contributed by atoms with E-state index in [1.165, 1.54) is 6.07 Å². The summed E-state index contributed by atoms with van der Waals surface area (Å²) in [6.45, 7) is 3.69. The van der Waals surface area contributed by atoms with Gasteiger partial charge in [-0.3, -0.25) is 4.99 Å². The third-order valence-corrected chi connectivity index (χ3v) is 4.18. The molecule has 6 nitrogen and oxygen atoms in total. The molecule has 2 rings (SSSR count). The lowest BCUT2D eigenvalue weighted by atomic mass is 10.1. The fourth-order valence-corrected chi connectivity index (χ4v) is 2.62. The van der Waals surface area contributed by atoms with E-state index in [9.17, 15) is 9.50 Å². The topological polar surface area (TPSA) is 75.1 Å². The summed E-state index contributed by atoms with van der Waals surface area (Å²) in [6.07, 6.45) is 0. The molecule has 2 aromatic carbocycles. The number of aliphatic imine (C=N–C) groups is 1. The summed E-state index contributed by atoms with van der Waals surface area (Å²) < 4.78 is 24.3. The number of aryl methyl sites for hydroxylation is 1. The minimum absolute atomic E-state index is 0. The lowest BCUT2D eigenvalue weighted by molar-refractivity contribution is 0.145. The van der Waals surface area contributed by atoms with Crippen molar-refractivity contribution in [3.8, 4) is 5.75 Å². The number of aliphatic hydroxyl groups is 1. The molecule has 29 heavy (non-hydrogen) atoms. The van der Waals surface area contributed by atoms with Crippen LogP contribution in [0.15, 0.2) is 41.4 Å². The largest absolute Gasteiger partial charge is 0.491 e. The molecule has 0 heterocycles. The molecule has 0 saturated carbocycles. The second-order valence-corrected chi connectivity index (χ2v) is 6.32. The molecule has 0 aliphatic heterocycles. The van der Waals surface area contributed by atoms with E-state index in [1.807, 2.05) is 25.1 Å². The van der Waals surface area contributed by atoms with Gasteiger partial charge in [0.05, 0.1) is 13.2 Å². The van der Waals surface area contributed by atoms with Gasteiger partial charge in [0.1, 0.15) is 18.2 Å². The minimum atomic E-state index is -0.408. The van der Waals surface area contributed by atoms with Gasteiger partial charge in [-0.2, -0.15) is 0 Å². The molecule has 0 atom stereocenters. The van der Waals surface area contributed by atoms with Crippen LogP contribution in [0, 0.1) is 12.7 Å². The smallest absolute Gasteiger partial charge is 0.191 e. The van der Waals surface area contributed by atoms with Gasteiger partial charge in [0, 0.05) is 38.4 Å². The quantitative estimate of drug-likeness (QED) is 0.206. The molecular formula is C21H29FIN3O3. The Morgan fingerprint density at radius 1 is 1.07 bits per heavy atom. The summed E-state index contributed by atoms with van der Waals surface area (Å²) in [7, 11) is 3.33. The molecule has 0 bridgehead atoms. The molecule has 0 radical (unpaired) electrons. The van der Waals surface area contributed by atoms with Crippen LogP contribution in [0.5, 0.6) is 5.75 Å². The van der Waals surface area contributed by atoms with Gasteiger partial charge in [-0.1, -0.05) is 18.2 Å². The molecule has 0 spiro atoms. The van der Waals surface area contributed by atoms with Crippen molar-refractivity contribution in [1.29, 1.82) is 0 Å². The SMILES string of the molecule is CN=C(NCc1ccc(F)c(CO)c1)NCc1ccc(C)cc1OCCOC.I.